The summed E-state index contributed by atoms with van der Waals surface area (Å²) in [5.74, 6) is 3.20. The molecule has 0 amide bonds. The van der Waals surface area contributed by atoms with E-state index in [1.165, 1.54) is 12.8 Å². The van der Waals surface area contributed by atoms with Gasteiger partial charge in [0.05, 0.1) is 0 Å². The van der Waals surface area contributed by atoms with Crippen molar-refractivity contribution in [1.82, 2.24) is 0 Å². The number of hydrogen-bond donors (Lipinski definition) is 0. The van der Waals surface area contributed by atoms with E-state index in [0.29, 0.717) is 0 Å². The van der Waals surface area contributed by atoms with Crippen molar-refractivity contribution in [3.63, 3.8) is 0 Å². The quantitative estimate of drug-likeness (QED) is 0.313. The van der Waals surface area contributed by atoms with Crippen LogP contribution < -0.4 is 0 Å². The van der Waals surface area contributed by atoms with Gasteiger partial charge in [0.2, 0.25) is 0 Å². The highest BCUT2D eigenvalue weighted by Gasteiger charge is 1.82. The third-order valence-corrected chi connectivity index (χ3v) is 1.83. The lowest BCUT2D eigenvalue weighted by Gasteiger charge is -1.86. The summed E-state index contributed by atoms with van der Waals surface area (Å²) in [6.07, 6.45) is 3.66. The molecule has 0 aliphatic heterocycles. The minimum Gasteiger partial charge on any atom is -0.136 e. The Hall–Kier alpha value is -0.223. The van der Waals surface area contributed by atoms with Crippen LogP contribution in [0.25, 0.3) is 0 Å². The van der Waals surface area contributed by atoms with Gasteiger partial charge in [-0.05, 0) is 6.42 Å². The Morgan fingerprint density at radius 1 is 1.33 bits per heavy atom. The summed E-state index contributed by atoms with van der Waals surface area (Å²) in [6.45, 7) is 6.73. The SMILES string of the molecule is CCCCC#C[SiH](C)C. The van der Waals surface area contributed by atoms with Gasteiger partial charge in [0, 0.05) is 6.42 Å². The first kappa shape index (κ1) is 8.78. The first-order valence-corrected chi connectivity index (χ1v) is 6.64. The van der Waals surface area contributed by atoms with Gasteiger partial charge in [0.25, 0.3) is 0 Å². The van der Waals surface area contributed by atoms with Crippen LogP contribution in [0.3, 0.4) is 0 Å². The molecule has 0 aromatic heterocycles. The van der Waals surface area contributed by atoms with Crippen LogP contribution in [0, 0.1) is 11.5 Å². The first-order valence-electron chi connectivity index (χ1n) is 3.75. The van der Waals surface area contributed by atoms with Crippen LogP contribution in [0.4, 0.5) is 0 Å². The highest BCUT2D eigenvalue weighted by molar-refractivity contribution is 6.64. The van der Waals surface area contributed by atoms with E-state index in [1.807, 2.05) is 0 Å². The summed E-state index contributed by atoms with van der Waals surface area (Å²) in [6, 6.07) is 0. The lowest BCUT2D eigenvalue weighted by molar-refractivity contribution is 0.828. The Morgan fingerprint density at radius 2 is 2.00 bits per heavy atom. The fourth-order valence-corrected chi connectivity index (χ4v) is 1.09. The topological polar surface area (TPSA) is 0 Å². The molecule has 1 heteroatoms. The minimum atomic E-state index is -0.574. The Balaban J connectivity index is 3.16. The van der Waals surface area contributed by atoms with E-state index in [0.717, 1.165) is 6.42 Å². The Morgan fingerprint density at radius 3 is 2.44 bits per heavy atom. The van der Waals surface area contributed by atoms with Gasteiger partial charge in [-0.2, -0.15) is 0 Å². The summed E-state index contributed by atoms with van der Waals surface area (Å²) in [7, 11) is -0.574. The van der Waals surface area contributed by atoms with Crippen molar-refractivity contribution in [3.05, 3.63) is 0 Å². The van der Waals surface area contributed by atoms with E-state index >= 15 is 0 Å². The summed E-state index contributed by atoms with van der Waals surface area (Å²) in [5, 5.41) is 0. The number of rotatable bonds is 2. The van der Waals surface area contributed by atoms with Crippen molar-refractivity contribution in [2.24, 2.45) is 0 Å². The summed E-state index contributed by atoms with van der Waals surface area (Å²) in [5.41, 5.74) is 3.27. The van der Waals surface area contributed by atoms with Crippen molar-refractivity contribution >= 4 is 8.80 Å². The Bertz CT molecular complexity index is 105. The van der Waals surface area contributed by atoms with Crippen molar-refractivity contribution in [2.75, 3.05) is 0 Å². The monoisotopic (exact) mass is 140 g/mol. The van der Waals surface area contributed by atoms with Crippen molar-refractivity contribution in [3.8, 4) is 11.5 Å². The van der Waals surface area contributed by atoms with Crippen LogP contribution in [0.5, 0.6) is 0 Å². The lowest BCUT2D eigenvalue weighted by Crippen LogP contribution is -1.92. The predicted molar refractivity (Wildman–Crippen MR) is 46.2 cm³/mol. The smallest absolute Gasteiger partial charge is 0.116 e. The fraction of sp³-hybridized carbons (Fsp3) is 0.750. The van der Waals surface area contributed by atoms with E-state index in [9.17, 15) is 0 Å². The molecule has 0 saturated carbocycles. The van der Waals surface area contributed by atoms with Crippen molar-refractivity contribution in [2.45, 2.75) is 39.3 Å². The molecule has 0 aromatic carbocycles. The summed E-state index contributed by atoms with van der Waals surface area (Å²) < 4.78 is 0. The molecule has 0 rings (SSSR count). The normalized spacial score (nSPS) is 8.89. The van der Waals surface area contributed by atoms with Crippen LogP contribution in [-0.4, -0.2) is 8.80 Å². The van der Waals surface area contributed by atoms with Gasteiger partial charge >= 0.3 is 0 Å². The maximum Gasteiger partial charge on any atom is 0.116 e. The molecule has 0 heterocycles. The zero-order valence-electron chi connectivity index (χ0n) is 6.70. The first-order chi connectivity index (χ1) is 4.27. The summed E-state index contributed by atoms with van der Waals surface area (Å²) in [4.78, 5) is 0. The number of hydrogen-bond acceptors (Lipinski definition) is 0. The molecule has 0 atom stereocenters. The zero-order valence-corrected chi connectivity index (χ0v) is 7.85. The highest BCUT2D eigenvalue weighted by atomic mass is 28.3. The largest absolute Gasteiger partial charge is 0.136 e. The molecule has 0 N–H and O–H groups in total. The minimum absolute atomic E-state index is 0.574. The lowest BCUT2D eigenvalue weighted by atomic mass is 10.3. The fourth-order valence-electron chi connectivity index (χ4n) is 0.541. The third-order valence-electron chi connectivity index (χ3n) is 1.05. The third kappa shape index (κ3) is 7.78. The van der Waals surface area contributed by atoms with Crippen molar-refractivity contribution in [1.29, 1.82) is 0 Å². The molecule has 0 radical (unpaired) electrons. The molecule has 0 bridgehead atoms. The molecule has 0 aliphatic carbocycles. The van der Waals surface area contributed by atoms with E-state index < -0.39 is 8.80 Å². The molecule has 0 unspecified atom stereocenters. The van der Waals surface area contributed by atoms with Gasteiger partial charge < -0.3 is 0 Å². The van der Waals surface area contributed by atoms with Crippen LogP contribution in [0.15, 0.2) is 0 Å². The standard InChI is InChI=1S/C8H16Si/c1-4-5-6-7-8-9(2)3/h9H,4-6H2,1-3H3. The van der Waals surface area contributed by atoms with E-state index in [2.05, 4.69) is 31.5 Å². The second kappa shape index (κ2) is 5.91. The molecule has 52 valence electrons. The van der Waals surface area contributed by atoms with Gasteiger partial charge in [-0.25, -0.2) is 0 Å². The molecule has 0 fully saturated rings. The van der Waals surface area contributed by atoms with Gasteiger partial charge in [-0.15, -0.1) is 11.5 Å². The van der Waals surface area contributed by atoms with Crippen molar-refractivity contribution < 1.29 is 0 Å². The molecule has 0 nitrogen and oxygen atoms in total. The maximum absolute atomic E-state index is 3.27. The van der Waals surface area contributed by atoms with Crippen LogP contribution in [0.1, 0.15) is 26.2 Å². The Kier molecular flexibility index (Phi) is 5.76. The van der Waals surface area contributed by atoms with Gasteiger partial charge in [-0.1, -0.05) is 26.4 Å². The van der Waals surface area contributed by atoms with Crippen LogP contribution in [0.2, 0.25) is 13.1 Å². The Labute approximate surface area is 60.3 Å². The van der Waals surface area contributed by atoms with E-state index in [-0.39, 0.29) is 0 Å². The van der Waals surface area contributed by atoms with Crippen LogP contribution >= 0.6 is 0 Å². The number of unbranched alkanes of at least 4 members (excludes halogenated alkanes) is 2. The second-order valence-electron chi connectivity index (χ2n) is 2.58. The molecule has 9 heavy (non-hydrogen) atoms. The predicted octanol–water partition coefficient (Wildman–Crippen LogP) is 2.21. The molecule has 0 saturated heterocycles. The highest BCUT2D eigenvalue weighted by Crippen LogP contribution is 1.90. The molecule has 0 spiro atoms. The zero-order chi connectivity index (χ0) is 7.11. The average molecular weight is 140 g/mol. The van der Waals surface area contributed by atoms with Crippen LogP contribution in [-0.2, 0) is 0 Å². The van der Waals surface area contributed by atoms with E-state index in [4.69, 9.17) is 0 Å². The molecule has 0 aromatic rings. The van der Waals surface area contributed by atoms with Gasteiger partial charge in [-0.3, -0.25) is 0 Å². The van der Waals surface area contributed by atoms with Gasteiger partial charge in [0.1, 0.15) is 8.80 Å². The second-order valence-corrected chi connectivity index (χ2v) is 5.18. The summed E-state index contributed by atoms with van der Waals surface area (Å²) >= 11 is 0. The molecular weight excluding hydrogens is 124 g/mol. The average Bonchev–Trinajstić information content (AvgIpc) is 1.80. The van der Waals surface area contributed by atoms with Gasteiger partial charge in [0.15, 0.2) is 0 Å². The maximum atomic E-state index is 3.27. The van der Waals surface area contributed by atoms with E-state index in [1.54, 1.807) is 0 Å². The molecular formula is C8H16Si. The molecule has 0 aliphatic rings.